The van der Waals surface area contributed by atoms with Gasteiger partial charge in [0.05, 0.1) is 46.2 Å². The molecule has 0 unspecified atom stereocenters. The summed E-state index contributed by atoms with van der Waals surface area (Å²) >= 11 is 0. The third-order valence-corrected chi connectivity index (χ3v) is 9.02. The molecule has 0 aliphatic carbocycles. The van der Waals surface area contributed by atoms with Gasteiger partial charge >= 0.3 is 0 Å². The Kier molecular flexibility index (Phi) is 11.1. The molecule has 0 saturated carbocycles. The van der Waals surface area contributed by atoms with E-state index in [9.17, 15) is 0 Å². The van der Waals surface area contributed by atoms with E-state index in [-0.39, 0.29) is 5.04 Å². The van der Waals surface area contributed by atoms with E-state index >= 15 is 0 Å². The van der Waals surface area contributed by atoms with Crippen molar-refractivity contribution >= 4 is 8.32 Å². The van der Waals surface area contributed by atoms with Crippen LogP contribution < -0.4 is 4.74 Å². The number of hydrogen-bond acceptors (Lipinski definition) is 5. The van der Waals surface area contributed by atoms with Crippen LogP contribution in [0.2, 0.25) is 18.1 Å². The van der Waals surface area contributed by atoms with Crippen molar-refractivity contribution in [3.05, 3.63) is 30.3 Å². The first-order valence-corrected chi connectivity index (χ1v) is 12.3. The van der Waals surface area contributed by atoms with Gasteiger partial charge in [-0.15, -0.1) is 0 Å². The summed E-state index contributed by atoms with van der Waals surface area (Å²) in [5.41, 5.74) is 0. The van der Waals surface area contributed by atoms with E-state index in [0.29, 0.717) is 52.9 Å². The zero-order valence-electron chi connectivity index (χ0n) is 17.1. The molecule has 0 fully saturated rings. The van der Waals surface area contributed by atoms with Gasteiger partial charge in [-0.1, -0.05) is 39.0 Å². The van der Waals surface area contributed by atoms with Crippen LogP contribution in [0.5, 0.6) is 5.75 Å². The lowest BCUT2D eigenvalue weighted by atomic mass is 10.2. The van der Waals surface area contributed by atoms with Crippen LogP contribution in [-0.4, -0.2) is 61.2 Å². The Morgan fingerprint density at radius 3 is 1.65 bits per heavy atom. The third-order valence-electron chi connectivity index (χ3n) is 4.48. The summed E-state index contributed by atoms with van der Waals surface area (Å²) in [4.78, 5) is 0. The molecule has 0 radical (unpaired) electrons. The quantitative estimate of drug-likeness (QED) is 0.356. The molecule has 1 aromatic rings. The number of rotatable bonds is 14. The minimum Gasteiger partial charge on any atom is -0.491 e. The highest BCUT2D eigenvalue weighted by atomic mass is 28.4. The number of benzene rings is 1. The van der Waals surface area contributed by atoms with Gasteiger partial charge < -0.3 is 23.4 Å². The maximum atomic E-state index is 6.05. The van der Waals surface area contributed by atoms with E-state index in [2.05, 4.69) is 33.9 Å². The Morgan fingerprint density at radius 1 is 0.692 bits per heavy atom. The number of ether oxygens (including phenoxy) is 4. The van der Waals surface area contributed by atoms with Crippen LogP contribution in [0.4, 0.5) is 0 Å². The fourth-order valence-electron chi connectivity index (χ4n) is 1.85. The zero-order chi connectivity index (χ0) is 19.3. The van der Waals surface area contributed by atoms with Crippen molar-refractivity contribution in [2.24, 2.45) is 0 Å². The molecule has 26 heavy (non-hydrogen) atoms. The minimum absolute atomic E-state index is 0.238. The molecule has 150 valence electrons. The molecule has 1 rings (SSSR count). The predicted molar refractivity (Wildman–Crippen MR) is 108 cm³/mol. The highest BCUT2D eigenvalue weighted by Gasteiger charge is 2.36. The van der Waals surface area contributed by atoms with Crippen LogP contribution in [-0.2, 0) is 18.6 Å². The molecule has 0 aromatic heterocycles. The second-order valence-corrected chi connectivity index (χ2v) is 12.4. The zero-order valence-corrected chi connectivity index (χ0v) is 18.1. The van der Waals surface area contributed by atoms with Gasteiger partial charge in [0, 0.05) is 0 Å². The predicted octanol–water partition coefficient (Wildman–Crippen LogP) is 4.14. The summed E-state index contributed by atoms with van der Waals surface area (Å²) in [5, 5.41) is 0.238. The van der Waals surface area contributed by atoms with Crippen LogP contribution in [0.15, 0.2) is 30.3 Å². The lowest BCUT2D eigenvalue weighted by molar-refractivity contribution is 0.00431. The summed E-state index contributed by atoms with van der Waals surface area (Å²) in [6.45, 7) is 15.9. The van der Waals surface area contributed by atoms with Gasteiger partial charge in [-0.25, -0.2) is 0 Å². The molecular formula is C20H36O5Si. The molecule has 0 atom stereocenters. The van der Waals surface area contributed by atoms with E-state index < -0.39 is 8.32 Å². The largest absolute Gasteiger partial charge is 0.491 e. The molecule has 0 spiro atoms. The lowest BCUT2D eigenvalue weighted by Gasteiger charge is -2.36. The van der Waals surface area contributed by atoms with E-state index in [1.165, 1.54) is 0 Å². The van der Waals surface area contributed by atoms with E-state index in [0.717, 1.165) is 5.75 Å². The number of para-hydroxylation sites is 1. The highest BCUT2D eigenvalue weighted by molar-refractivity contribution is 6.74. The van der Waals surface area contributed by atoms with E-state index in [1.54, 1.807) is 0 Å². The summed E-state index contributed by atoms with van der Waals surface area (Å²) in [7, 11) is -1.66. The second kappa shape index (κ2) is 12.5. The molecule has 5 nitrogen and oxygen atoms in total. The van der Waals surface area contributed by atoms with Crippen molar-refractivity contribution in [2.45, 2.75) is 38.9 Å². The molecule has 0 saturated heterocycles. The molecular weight excluding hydrogens is 348 g/mol. The fraction of sp³-hybridized carbons (Fsp3) is 0.700. The van der Waals surface area contributed by atoms with Gasteiger partial charge in [0.1, 0.15) is 12.4 Å². The van der Waals surface area contributed by atoms with Crippen molar-refractivity contribution < 1.29 is 23.4 Å². The monoisotopic (exact) mass is 384 g/mol. The molecule has 0 heterocycles. The van der Waals surface area contributed by atoms with Gasteiger partial charge in [0.25, 0.3) is 0 Å². The minimum atomic E-state index is -1.66. The number of hydrogen-bond donors (Lipinski definition) is 0. The molecule has 0 aliphatic heterocycles. The van der Waals surface area contributed by atoms with Crippen molar-refractivity contribution in [3.63, 3.8) is 0 Å². The van der Waals surface area contributed by atoms with Gasteiger partial charge in [-0.3, -0.25) is 0 Å². The molecule has 0 N–H and O–H groups in total. The summed E-state index contributed by atoms with van der Waals surface area (Å²) in [6, 6.07) is 9.73. The first-order valence-electron chi connectivity index (χ1n) is 9.38. The smallest absolute Gasteiger partial charge is 0.192 e. The second-order valence-electron chi connectivity index (χ2n) is 7.61. The summed E-state index contributed by atoms with van der Waals surface area (Å²) in [5.74, 6) is 0.863. The molecule has 0 aliphatic rings. The SMILES string of the molecule is CC(C)(C)[Si](C)(C)OCCOCCOCCOCCOc1ccccc1. The average Bonchev–Trinajstić information content (AvgIpc) is 2.59. The molecule has 0 amide bonds. The van der Waals surface area contributed by atoms with Crippen LogP contribution in [0.3, 0.4) is 0 Å². The van der Waals surface area contributed by atoms with Crippen molar-refractivity contribution in [2.75, 3.05) is 52.9 Å². The van der Waals surface area contributed by atoms with Gasteiger partial charge in [0.15, 0.2) is 8.32 Å². The Labute approximate surface area is 160 Å². The van der Waals surface area contributed by atoms with Gasteiger partial charge in [-0.2, -0.15) is 0 Å². The topological polar surface area (TPSA) is 46.2 Å². The molecule has 1 aromatic carbocycles. The van der Waals surface area contributed by atoms with E-state index in [4.69, 9.17) is 23.4 Å². The third kappa shape index (κ3) is 10.3. The summed E-state index contributed by atoms with van der Waals surface area (Å²) in [6.07, 6.45) is 0. The highest BCUT2D eigenvalue weighted by Crippen LogP contribution is 2.36. The van der Waals surface area contributed by atoms with Crippen LogP contribution in [0.25, 0.3) is 0 Å². The normalized spacial score (nSPS) is 12.3. The van der Waals surface area contributed by atoms with Crippen LogP contribution in [0.1, 0.15) is 20.8 Å². The Morgan fingerprint density at radius 2 is 1.15 bits per heavy atom. The first-order chi connectivity index (χ1) is 12.3. The Balaban J connectivity index is 1.84. The molecule has 0 bridgehead atoms. The van der Waals surface area contributed by atoms with Crippen LogP contribution in [0, 0.1) is 0 Å². The van der Waals surface area contributed by atoms with Gasteiger partial charge in [0.2, 0.25) is 0 Å². The lowest BCUT2D eigenvalue weighted by Crippen LogP contribution is -2.41. The summed E-state index contributed by atoms with van der Waals surface area (Å²) < 4.78 is 28.1. The fourth-order valence-corrected chi connectivity index (χ4v) is 2.88. The average molecular weight is 385 g/mol. The van der Waals surface area contributed by atoms with Crippen molar-refractivity contribution in [3.8, 4) is 5.75 Å². The molecule has 6 heteroatoms. The standard InChI is InChI=1S/C20H36O5Si/c1-20(2,3)26(4,5)25-18-16-23-14-12-21-11-13-22-15-17-24-19-9-7-6-8-10-19/h6-10H,11-18H2,1-5H3. The van der Waals surface area contributed by atoms with Crippen LogP contribution >= 0.6 is 0 Å². The van der Waals surface area contributed by atoms with Crippen molar-refractivity contribution in [1.29, 1.82) is 0 Å². The maximum Gasteiger partial charge on any atom is 0.192 e. The van der Waals surface area contributed by atoms with E-state index in [1.807, 2.05) is 30.3 Å². The Bertz CT molecular complexity index is 459. The first kappa shape index (κ1) is 23.1. The maximum absolute atomic E-state index is 6.05. The van der Waals surface area contributed by atoms with Gasteiger partial charge in [-0.05, 0) is 30.3 Å². The Hall–Kier alpha value is -0.923. The van der Waals surface area contributed by atoms with Crippen molar-refractivity contribution in [1.82, 2.24) is 0 Å².